The van der Waals surface area contributed by atoms with Gasteiger partial charge in [-0.1, -0.05) is 76.6 Å². The van der Waals surface area contributed by atoms with Gasteiger partial charge in [0, 0.05) is 50.1 Å². The Hall–Kier alpha value is -6.24. The molecular formula is C40H29BrN4O6S. The molecule has 3 amide bonds. The second-order valence-corrected chi connectivity index (χ2v) is 13.4. The van der Waals surface area contributed by atoms with Gasteiger partial charge in [-0.25, -0.2) is 0 Å². The molecule has 0 saturated heterocycles. The zero-order valence-corrected chi connectivity index (χ0v) is 29.6. The van der Waals surface area contributed by atoms with E-state index in [9.17, 15) is 24.5 Å². The van der Waals surface area contributed by atoms with Gasteiger partial charge in [0.05, 0.1) is 4.92 Å². The van der Waals surface area contributed by atoms with Gasteiger partial charge in [0.2, 0.25) is 5.91 Å². The maximum Gasteiger partial charge on any atom is 0.272 e. The van der Waals surface area contributed by atoms with Gasteiger partial charge in [-0.2, -0.15) is 0 Å². The molecule has 0 radical (unpaired) electrons. The van der Waals surface area contributed by atoms with Gasteiger partial charge >= 0.3 is 0 Å². The summed E-state index contributed by atoms with van der Waals surface area (Å²) >= 11 is 4.73. The second-order valence-electron chi connectivity index (χ2n) is 11.3. The average molecular weight is 774 g/mol. The Bertz CT molecular complexity index is 2230. The van der Waals surface area contributed by atoms with E-state index in [1.807, 2.05) is 54.6 Å². The third-order valence-electron chi connectivity index (χ3n) is 7.62. The lowest BCUT2D eigenvalue weighted by atomic mass is 10.1. The molecule has 10 nitrogen and oxygen atoms in total. The van der Waals surface area contributed by atoms with Gasteiger partial charge < -0.3 is 20.4 Å². The number of anilines is 2. The minimum absolute atomic E-state index is 0.0314. The minimum Gasteiger partial charge on any atom is -0.457 e. The predicted octanol–water partition coefficient (Wildman–Crippen LogP) is 9.50. The molecule has 1 aromatic heterocycles. The van der Waals surface area contributed by atoms with Crippen LogP contribution < -0.4 is 16.0 Å². The first-order valence-electron chi connectivity index (χ1n) is 15.8. The lowest BCUT2D eigenvalue weighted by Gasteiger charge is -2.17. The largest absolute Gasteiger partial charge is 0.457 e. The van der Waals surface area contributed by atoms with Gasteiger partial charge in [0.15, 0.2) is 0 Å². The van der Waals surface area contributed by atoms with Gasteiger partial charge in [-0.05, 0) is 78.4 Å². The topological polar surface area (TPSA) is 144 Å². The number of hydrogen-bond donors (Lipinski definition) is 3. The van der Waals surface area contributed by atoms with Crippen LogP contribution in [0.3, 0.4) is 0 Å². The molecule has 6 aromatic rings. The Morgan fingerprint density at radius 2 is 1.35 bits per heavy atom. The third kappa shape index (κ3) is 9.30. The highest BCUT2D eigenvalue weighted by Gasteiger charge is 2.23. The molecule has 3 N–H and O–H groups in total. The van der Waals surface area contributed by atoms with Crippen molar-refractivity contribution in [3.63, 3.8) is 0 Å². The molecule has 0 bridgehead atoms. The lowest BCUT2D eigenvalue weighted by molar-refractivity contribution is -0.384. The summed E-state index contributed by atoms with van der Waals surface area (Å²) in [6.07, 6.45) is 1.47. The van der Waals surface area contributed by atoms with E-state index in [1.165, 1.54) is 42.1 Å². The van der Waals surface area contributed by atoms with Crippen LogP contribution in [-0.2, 0) is 9.59 Å². The first-order chi connectivity index (χ1) is 25.2. The molecule has 5 aromatic carbocycles. The number of thioether (sulfide) groups is 1. The number of nitrogens with zero attached hydrogens (tertiary/aromatic N) is 1. The third-order valence-corrected chi connectivity index (χ3v) is 9.42. The number of non-ortho nitro benzene ring substituents is 1. The molecule has 0 aliphatic carbocycles. The first kappa shape index (κ1) is 35.6. The SMILES string of the molecule is O=C(Nc1ccc(S[C@H](C(=O)Nc2ccc([N+](=O)[O-])cc2)c2ccccc2)cc1)/C(=C/c1ccc(-c2ccc(Br)cc2)o1)NC(=O)c1ccccc1. The summed E-state index contributed by atoms with van der Waals surface area (Å²) in [5.41, 5.74) is 2.76. The monoisotopic (exact) mass is 772 g/mol. The number of furan rings is 1. The van der Waals surface area contributed by atoms with Crippen molar-refractivity contribution in [1.82, 2.24) is 5.32 Å². The van der Waals surface area contributed by atoms with Crippen LogP contribution in [0.4, 0.5) is 17.1 Å². The number of amides is 3. The van der Waals surface area contributed by atoms with Crippen LogP contribution in [0.5, 0.6) is 0 Å². The average Bonchev–Trinajstić information content (AvgIpc) is 3.64. The molecule has 0 saturated carbocycles. The highest BCUT2D eigenvalue weighted by atomic mass is 79.9. The fourth-order valence-corrected chi connectivity index (χ4v) is 6.30. The summed E-state index contributed by atoms with van der Waals surface area (Å²) in [5.74, 6) is -0.394. The van der Waals surface area contributed by atoms with Crippen molar-refractivity contribution in [3.8, 4) is 11.3 Å². The van der Waals surface area contributed by atoms with E-state index in [0.29, 0.717) is 28.5 Å². The van der Waals surface area contributed by atoms with E-state index in [2.05, 4.69) is 31.9 Å². The van der Waals surface area contributed by atoms with Crippen LogP contribution in [-0.4, -0.2) is 22.6 Å². The number of nitrogens with one attached hydrogen (secondary N) is 3. The van der Waals surface area contributed by atoms with Gasteiger partial charge in [0.25, 0.3) is 17.5 Å². The Morgan fingerprint density at radius 3 is 2.00 bits per heavy atom. The van der Waals surface area contributed by atoms with Crippen LogP contribution in [0.2, 0.25) is 0 Å². The summed E-state index contributed by atoms with van der Waals surface area (Å²) in [5, 5.41) is 18.8. The van der Waals surface area contributed by atoms with Crippen LogP contribution in [0, 0.1) is 10.1 Å². The van der Waals surface area contributed by atoms with Crippen LogP contribution in [0.15, 0.2) is 165 Å². The number of halogens is 1. The zero-order chi connectivity index (χ0) is 36.5. The molecule has 0 spiro atoms. The molecule has 1 heterocycles. The van der Waals surface area contributed by atoms with Crippen molar-refractivity contribution in [1.29, 1.82) is 0 Å². The number of carbonyl (C=O) groups excluding carboxylic acids is 3. The molecule has 52 heavy (non-hydrogen) atoms. The molecule has 12 heteroatoms. The Balaban J connectivity index is 1.19. The molecule has 6 rings (SSSR count). The van der Waals surface area contributed by atoms with Crippen molar-refractivity contribution in [2.24, 2.45) is 0 Å². The molecule has 0 aliphatic heterocycles. The number of nitro benzene ring substituents is 1. The molecule has 0 unspecified atom stereocenters. The number of hydrogen-bond acceptors (Lipinski definition) is 7. The number of benzene rings is 5. The van der Waals surface area contributed by atoms with Gasteiger partial charge in [-0.15, -0.1) is 11.8 Å². The van der Waals surface area contributed by atoms with E-state index in [0.717, 1.165) is 20.5 Å². The van der Waals surface area contributed by atoms with Gasteiger partial charge in [-0.3, -0.25) is 24.5 Å². The number of rotatable bonds is 12. The first-order valence-corrected chi connectivity index (χ1v) is 17.5. The highest BCUT2D eigenvalue weighted by Crippen LogP contribution is 2.37. The Labute approximate surface area is 311 Å². The van der Waals surface area contributed by atoms with Crippen molar-refractivity contribution in [2.75, 3.05) is 10.6 Å². The van der Waals surface area contributed by atoms with E-state index in [1.54, 1.807) is 66.7 Å². The van der Waals surface area contributed by atoms with E-state index < -0.39 is 22.0 Å². The standard InChI is InChI=1S/C40H29BrN4O6S/c41-29-13-11-26(12-14-29)36-24-21-33(51-36)25-35(44-38(46)28-9-5-2-6-10-28)39(47)42-31-17-22-34(23-18-31)52-37(27-7-3-1-4-8-27)40(48)43-30-15-19-32(20-16-30)45(49)50/h1-25,37H,(H,42,47)(H,43,48)(H,44,46)/b35-25-/t37-/m0/s1. The fourth-order valence-electron chi connectivity index (χ4n) is 5.01. The summed E-state index contributed by atoms with van der Waals surface area (Å²) in [4.78, 5) is 51.5. The second kappa shape index (κ2) is 16.6. The smallest absolute Gasteiger partial charge is 0.272 e. The normalized spacial score (nSPS) is 11.7. The van der Waals surface area contributed by atoms with Crippen LogP contribution in [0.1, 0.15) is 26.9 Å². The van der Waals surface area contributed by atoms with Crippen molar-refractivity contribution >= 4 is 68.6 Å². The van der Waals surface area contributed by atoms with E-state index in [4.69, 9.17) is 4.42 Å². The van der Waals surface area contributed by atoms with Crippen LogP contribution in [0.25, 0.3) is 17.4 Å². The van der Waals surface area contributed by atoms with Crippen molar-refractivity contribution < 1.29 is 23.7 Å². The lowest BCUT2D eigenvalue weighted by Crippen LogP contribution is -2.30. The molecular weight excluding hydrogens is 744 g/mol. The minimum atomic E-state index is -0.657. The number of carbonyl (C=O) groups is 3. The van der Waals surface area contributed by atoms with Gasteiger partial charge in [0.1, 0.15) is 22.5 Å². The Kier molecular flexibility index (Phi) is 11.4. The molecule has 0 aliphatic rings. The summed E-state index contributed by atoms with van der Waals surface area (Å²) in [6, 6.07) is 41.5. The maximum atomic E-state index is 13.6. The zero-order valence-electron chi connectivity index (χ0n) is 27.2. The molecule has 1 atom stereocenters. The quantitative estimate of drug-likeness (QED) is 0.0487. The summed E-state index contributed by atoms with van der Waals surface area (Å²) < 4.78 is 6.93. The molecule has 0 fully saturated rings. The molecule has 258 valence electrons. The predicted molar refractivity (Wildman–Crippen MR) is 206 cm³/mol. The maximum absolute atomic E-state index is 13.6. The van der Waals surface area contributed by atoms with E-state index in [-0.39, 0.29) is 17.3 Å². The van der Waals surface area contributed by atoms with E-state index >= 15 is 0 Å². The van der Waals surface area contributed by atoms with Crippen molar-refractivity contribution in [3.05, 3.63) is 183 Å². The van der Waals surface area contributed by atoms with Crippen LogP contribution >= 0.6 is 27.7 Å². The summed E-state index contributed by atoms with van der Waals surface area (Å²) in [6.45, 7) is 0. The summed E-state index contributed by atoms with van der Waals surface area (Å²) in [7, 11) is 0. The highest BCUT2D eigenvalue weighted by molar-refractivity contribution is 9.10. The number of nitro groups is 1. The van der Waals surface area contributed by atoms with Crippen molar-refractivity contribution in [2.45, 2.75) is 10.1 Å². The fraction of sp³-hybridized carbons (Fsp3) is 0.0250. The Morgan fingerprint density at radius 1 is 0.731 bits per heavy atom.